The predicted molar refractivity (Wildman–Crippen MR) is 34.6 cm³/mol. The summed E-state index contributed by atoms with van der Waals surface area (Å²) in [5.41, 5.74) is 0.852. The van der Waals surface area contributed by atoms with E-state index in [1.165, 1.54) is 11.0 Å². The third kappa shape index (κ3) is 0.604. The predicted octanol–water partition coefficient (Wildman–Crippen LogP) is -0.508. The molecule has 5 heteroatoms. The van der Waals surface area contributed by atoms with Gasteiger partial charge in [-0.3, -0.25) is 4.68 Å². The van der Waals surface area contributed by atoms with Crippen molar-refractivity contribution in [2.45, 2.75) is 0 Å². The van der Waals surface area contributed by atoms with Crippen LogP contribution in [0.3, 0.4) is 0 Å². The van der Waals surface area contributed by atoms with Gasteiger partial charge in [0, 0.05) is 6.20 Å². The van der Waals surface area contributed by atoms with E-state index >= 15 is 0 Å². The molecule has 0 saturated heterocycles. The van der Waals surface area contributed by atoms with Crippen molar-refractivity contribution in [2.24, 2.45) is 0 Å². The van der Waals surface area contributed by atoms with Crippen LogP contribution in [0.15, 0.2) is 18.7 Å². The van der Waals surface area contributed by atoms with E-state index in [1.54, 1.807) is 12.4 Å². The Morgan fingerprint density at radius 1 is 1.50 bits per heavy atom. The lowest BCUT2D eigenvalue weighted by atomic mass is 10.3. The number of aromatic nitrogens is 4. The Morgan fingerprint density at radius 3 is 3.30 bits per heavy atom. The summed E-state index contributed by atoms with van der Waals surface area (Å²) in [6, 6.07) is 0. The fraction of sp³-hybridized carbons (Fsp3) is 0. The Labute approximate surface area is 56.8 Å². The van der Waals surface area contributed by atoms with Crippen molar-refractivity contribution in [1.82, 2.24) is 19.9 Å². The van der Waals surface area contributed by atoms with Crippen LogP contribution in [-0.2, 0) is 0 Å². The topological polar surface area (TPSA) is 69.6 Å². The normalized spacial score (nSPS) is 10.4. The monoisotopic (exact) mass is 135 g/mol. The lowest BCUT2D eigenvalue weighted by molar-refractivity contribution is 0.925. The van der Waals surface area contributed by atoms with Crippen LogP contribution in [0.4, 0.5) is 0 Å². The standard InChI is InChI=1S/C5H5N5/c6-10-2-4-1-8-9-5(4)7-3-10/h1-3H,6H2. The van der Waals surface area contributed by atoms with Crippen LogP contribution in [0.5, 0.6) is 0 Å². The first kappa shape index (κ1) is 5.16. The highest BCUT2D eigenvalue weighted by molar-refractivity contribution is 5.51. The molecule has 2 N–H and O–H groups in total. The van der Waals surface area contributed by atoms with Crippen LogP contribution < -0.4 is 5.84 Å². The minimum absolute atomic E-state index is 0.627. The molecule has 2 aliphatic rings. The van der Waals surface area contributed by atoms with Crippen molar-refractivity contribution in [2.75, 3.05) is 5.84 Å². The van der Waals surface area contributed by atoms with Gasteiger partial charge in [-0.2, -0.15) is 5.10 Å². The van der Waals surface area contributed by atoms with E-state index in [1.807, 2.05) is 0 Å². The number of nitrogens with two attached hydrogens (primary N) is 1. The van der Waals surface area contributed by atoms with Gasteiger partial charge in [0.25, 0.3) is 0 Å². The van der Waals surface area contributed by atoms with Crippen LogP contribution in [-0.4, -0.2) is 19.9 Å². The minimum atomic E-state index is 0.627. The molecule has 0 aromatic heterocycles. The summed E-state index contributed by atoms with van der Waals surface area (Å²) < 4.78 is 1.37. The van der Waals surface area contributed by atoms with E-state index in [-0.39, 0.29) is 0 Å². The number of nitrogens with zero attached hydrogens (tertiary/aromatic N) is 4. The fourth-order valence-corrected chi connectivity index (χ4v) is 0.768. The SMILES string of the molecule is Nn1cnc2nncc-2c1. The maximum atomic E-state index is 5.38. The molecule has 2 aliphatic heterocycles. The van der Waals surface area contributed by atoms with Gasteiger partial charge in [-0.25, -0.2) is 4.98 Å². The van der Waals surface area contributed by atoms with Gasteiger partial charge in [0.2, 0.25) is 0 Å². The van der Waals surface area contributed by atoms with E-state index in [0.29, 0.717) is 5.82 Å². The molecule has 0 bridgehead atoms. The van der Waals surface area contributed by atoms with Gasteiger partial charge in [-0.1, -0.05) is 0 Å². The van der Waals surface area contributed by atoms with Crippen LogP contribution in [0.1, 0.15) is 0 Å². The third-order valence-corrected chi connectivity index (χ3v) is 1.21. The van der Waals surface area contributed by atoms with Crippen LogP contribution in [0.2, 0.25) is 0 Å². The van der Waals surface area contributed by atoms with Gasteiger partial charge in [0.05, 0.1) is 11.8 Å². The van der Waals surface area contributed by atoms with Crippen molar-refractivity contribution in [3.8, 4) is 11.4 Å². The number of fused-ring (bicyclic) bond motifs is 1. The van der Waals surface area contributed by atoms with Crippen molar-refractivity contribution < 1.29 is 0 Å². The Morgan fingerprint density at radius 2 is 2.40 bits per heavy atom. The van der Waals surface area contributed by atoms with E-state index in [9.17, 15) is 0 Å². The molecule has 0 saturated carbocycles. The summed E-state index contributed by atoms with van der Waals surface area (Å²) >= 11 is 0. The maximum Gasteiger partial charge on any atom is 0.186 e. The van der Waals surface area contributed by atoms with Gasteiger partial charge in [0.1, 0.15) is 6.33 Å². The zero-order valence-corrected chi connectivity index (χ0v) is 5.10. The molecule has 0 amide bonds. The molecule has 0 radical (unpaired) electrons. The number of hydrogen-bond acceptors (Lipinski definition) is 4. The largest absolute Gasteiger partial charge is 0.338 e. The zero-order valence-electron chi connectivity index (χ0n) is 5.10. The number of nitrogen functional groups attached to an aromatic ring is 1. The van der Waals surface area contributed by atoms with Gasteiger partial charge in [0.15, 0.2) is 5.82 Å². The minimum Gasteiger partial charge on any atom is -0.338 e. The van der Waals surface area contributed by atoms with Gasteiger partial charge < -0.3 is 5.84 Å². The summed E-state index contributed by atoms with van der Waals surface area (Å²) in [7, 11) is 0. The summed E-state index contributed by atoms with van der Waals surface area (Å²) in [6.45, 7) is 0. The second-order valence-corrected chi connectivity index (χ2v) is 1.94. The Balaban J connectivity index is 2.75. The average molecular weight is 135 g/mol. The number of hydrogen-bond donors (Lipinski definition) is 1. The summed E-state index contributed by atoms with van der Waals surface area (Å²) in [5, 5.41) is 7.39. The lowest BCUT2D eigenvalue weighted by Crippen LogP contribution is -2.09. The van der Waals surface area contributed by atoms with Crippen LogP contribution in [0, 0.1) is 0 Å². The molecular weight excluding hydrogens is 130 g/mol. The molecule has 0 spiro atoms. The molecule has 0 fully saturated rings. The highest BCUT2D eigenvalue weighted by Gasteiger charge is 2.04. The van der Waals surface area contributed by atoms with Gasteiger partial charge in [-0.05, 0) is 0 Å². The molecule has 10 heavy (non-hydrogen) atoms. The Hall–Kier alpha value is -1.65. The van der Waals surface area contributed by atoms with E-state index in [0.717, 1.165) is 5.56 Å². The molecule has 5 nitrogen and oxygen atoms in total. The van der Waals surface area contributed by atoms with Crippen LogP contribution in [0.25, 0.3) is 11.4 Å². The second-order valence-electron chi connectivity index (χ2n) is 1.94. The smallest absolute Gasteiger partial charge is 0.186 e. The second kappa shape index (κ2) is 1.66. The van der Waals surface area contributed by atoms with E-state index < -0.39 is 0 Å². The van der Waals surface area contributed by atoms with Gasteiger partial charge >= 0.3 is 0 Å². The molecule has 0 atom stereocenters. The summed E-state index contributed by atoms with van der Waals surface area (Å²) in [5.74, 6) is 6.01. The molecule has 0 unspecified atom stereocenters. The molecule has 0 aliphatic carbocycles. The molecular formula is C5H5N5. The summed E-state index contributed by atoms with van der Waals surface area (Å²) in [6.07, 6.45) is 4.81. The molecule has 2 rings (SSSR count). The number of rotatable bonds is 0. The van der Waals surface area contributed by atoms with Crippen molar-refractivity contribution >= 4 is 0 Å². The third-order valence-electron chi connectivity index (χ3n) is 1.21. The first-order valence-electron chi connectivity index (χ1n) is 2.77. The molecule has 0 aromatic carbocycles. The highest BCUT2D eigenvalue weighted by atomic mass is 15.3. The lowest BCUT2D eigenvalue weighted by Gasteiger charge is -1.97. The summed E-state index contributed by atoms with van der Waals surface area (Å²) in [4.78, 5) is 3.91. The van der Waals surface area contributed by atoms with Crippen molar-refractivity contribution in [3.63, 3.8) is 0 Å². The van der Waals surface area contributed by atoms with E-state index in [2.05, 4.69) is 15.2 Å². The Kier molecular flexibility index (Phi) is 0.858. The first-order chi connectivity index (χ1) is 4.86. The fourth-order valence-electron chi connectivity index (χ4n) is 0.768. The first-order valence-corrected chi connectivity index (χ1v) is 2.77. The van der Waals surface area contributed by atoms with Gasteiger partial charge in [-0.15, -0.1) is 5.10 Å². The van der Waals surface area contributed by atoms with Crippen molar-refractivity contribution in [1.29, 1.82) is 0 Å². The molecule has 50 valence electrons. The van der Waals surface area contributed by atoms with Crippen molar-refractivity contribution in [3.05, 3.63) is 18.7 Å². The quantitative estimate of drug-likeness (QED) is 0.494. The average Bonchev–Trinajstić information content (AvgIpc) is 2.33. The zero-order chi connectivity index (χ0) is 6.97. The van der Waals surface area contributed by atoms with Crippen LogP contribution >= 0.6 is 0 Å². The molecule has 2 heterocycles. The Bertz CT molecular complexity index is 314. The molecule has 0 aromatic rings. The van der Waals surface area contributed by atoms with E-state index in [4.69, 9.17) is 5.84 Å². The highest BCUT2D eigenvalue weighted by Crippen LogP contribution is 2.11. The maximum absolute atomic E-state index is 5.38.